The summed E-state index contributed by atoms with van der Waals surface area (Å²) in [6.07, 6.45) is 3.93. The molecule has 0 saturated heterocycles. The van der Waals surface area contributed by atoms with Gasteiger partial charge in [0.1, 0.15) is 0 Å². The molecule has 0 spiro atoms. The summed E-state index contributed by atoms with van der Waals surface area (Å²) in [6.45, 7) is 4.30. The highest BCUT2D eigenvalue weighted by molar-refractivity contribution is 5.96. The third-order valence-electron chi connectivity index (χ3n) is 2.97. The van der Waals surface area contributed by atoms with Crippen LogP contribution in [0.15, 0.2) is 36.9 Å². The Morgan fingerprint density at radius 3 is 2.55 bits per heavy atom. The zero-order valence-corrected chi connectivity index (χ0v) is 11.3. The molecule has 5 heteroatoms. The standard InChI is InChI=1S/C15H19N3O2/c1-2-9-16-15(20)11-3-5-13(6-4-11)18-14(19)10-17-12-7-8-12/h2-6,12,17H,1,7-10H2,(H,16,20)(H,18,19). The molecule has 0 aromatic heterocycles. The number of benzene rings is 1. The topological polar surface area (TPSA) is 70.2 Å². The van der Waals surface area contributed by atoms with Crippen molar-refractivity contribution in [2.45, 2.75) is 18.9 Å². The fourth-order valence-electron chi connectivity index (χ4n) is 1.70. The molecule has 2 amide bonds. The molecule has 0 heterocycles. The van der Waals surface area contributed by atoms with Crippen LogP contribution in [0.5, 0.6) is 0 Å². The van der Waals surface area contributed by atoms with Gasteiger partial charge in [0.15, 0.2) is 0 Å². The molecule has 1 aromatic rings. The summed E-state index contributed by atoms with van der Waals surface area (Å²) in [5.41, 5.74) is 1.24. The Bertz CT molecular complexity index is 492. The number of carbonyl (C=O) groups is 2. The first kappa shape index (κ1) is 14.3. The van der Waals surface area contributed by atoms with Crippen LogP contribution in [-0.4, -0.2) is 30.9 Å². The van der Waals surface area contributed by atoms with Crippen LogP contribution >= 0.6 is 0 Å². The first-order valence-corrected chi connectivity index (χ1v) is 6.71. The number of hydrogen-bond donors (Lipinski definition) is 3. The quantitative estimate of drug-likeness (QED) is 0.656. The maximum Gasteiger partial charge on any atom is 0.251 e. The normalized spacial score (nSPS) is 13.6. The second kappa shape index (κ2) is 6.86. The highest BCUT2D eigenvalue weighted by atomic mass is 16.2. The molecular weight excluding hydrogens is 254 g/mol. The summed E-state index contributed by atoms with van der Waals surface area (Å²) in [5.74, 6) is -0.223. The molecule has 0 atom stereocenters. The minimum atomic E-state index is -0.154. The maximum absolute atomic E-state index is 11.7. The lowest BCUT2D eigenvalue weighted by Crippen LogP contribution is -2.29. The van der Waals surface area contributed by atoms with Gasteiger partial charge in [-0.15, -0.1) is 6.58 Å². The molecular formula is C15H19N3O2. The van der Waals surface area contributed by atoms with Gasteiger partial charge in [0.2, 0.25) is 5.91 Å². The van der Waals surface area contributed by atoms with Crippen LogP contribution in [-0.2, 0) is 4.79 Å². The zero-order chi connectivity index (χ0) is 14.4. The van der Waals surface area contributed by atoms with Gasteiger partial charge in [-0.3, -0.25) is 9.59 Å². The first-order chi connectivity index (χ1) is 9.69. The molecule has 1 aliphatic rings. The lowest BCUT2D eigenvalue weighted by atomic mass is 10.2. The van der Waals surface area contributed by atoms with Crippen LogP contribution in [0.1, 0.15) is 23.2 Å². The van der Waals surface area contributed by atoms with Crippen molar-refractivity contribution in [1.82, 2.24) is 10.6 Å². The van der Waals surface area contributed by atoms with Gasteiger partial charge < -0.3 is 16.0 Å². The van der Waals surface area contributed by atoms with Crippen molar-refractivity contribution >= 4 is 17.5 Å². The van der Waals surface area contributed by atoms with E-state index in [2.05, 4.69) is 22.5 Å². The molecule has 0 bridgehead atoms. The number of amides is 2. The maximum atomic E-state index is 11.7. The van der Waals surface area contributed by atoms with E-state index in [0.29, 0.717) is 30.4 Å². The van der Waals surface area contributed by atoms with Gasteiger partial charge >= 0.3 is 0 Å². The molecule has 1 aromatic carbocycles. The summed E-state index contributed by atoms with van der Waals surface area (Å²) < 4.78 is 0. The highest BCUT2D eigenvalue weighted by Gasteiger charge is 2.21. The fourth-order valence-corrected chi connectivity index (χ4v) is 1.70. The predicted molar refractivity (Wildman–Crippen MR) is 78.6 cm³/mol. The largest absolute Gasteiger partial charge is 0.349 e. The number of hydrogen-bond acceptors (Lipinski definition) is 3. The zero-order valence-electron chi connectivity index (χ0n) is 11.3. The van der Waals surface area contributed by atoms with Gasteiger partial charge in [-0.05, 0) is 37.1 Å². The van der Waals surface area contributed by atoms with E-state index in [9.17, 15) is 9.59 Å². The Morgan fingerprint density at radius 1 is 1.25 bits per heavy atom. The molecule has 5 nitrogen and oxygen atoms in total. The Morgan fingerprint density at radius 2 is 1.95 bits per heavy atom. The van der Waals surface area contributed by atoms with Crippen molar-refractivity contribution in [1.29, 1.82) is 0 Å². The summed E-state index contributed by atoms with van der Waals surface area (Å²) >= 11 is 0. The first-order valence-electron chi connectivity index (χ1n) is 6.71. The summed E-state index contributed by atoms with van der Waals surface area (Å²) in [5, 5.41) is 8.62. The Balaban J connectivity index is 1.82. The minimum Gasteiger partial charge on any atom is -0.349 e. The fraction of sp³-hybridized carbons (Fsp3) is 0.333. The van der Waals surface area contributed by atoms with Crippen LogP contribution in [0.25, 0.3) is 0 Å². The van der Waals surface area contributed by atoms with E-state index in [0.717, 1.165) is 12.8 Å². The number of rotatable bonds is 7. The molecule has 1 aliphatic carbocycles. The molecule has 106 valence electrons. The van der Waals surface area contributed by atoms with E-state index >= 15 is 0 Å². The van der Waals surface area contributed by atoms with Crippen molar-refractivity contribution in [3.05, 3.63) is 42.5 Å². The van der Waals surface area contributed by atoms with Crippen molar-refractivity contribution in [2.24, 2.45) is 0 Å². The van der Waals surface area contributed by atoms with Crippen LogP contribution < -0.4 is 16.0 Å². The van der Waals surface area contributed by atoms with Crippen LogP contribution in [0.2, 0.25) is 0 Å². The predicted octanol–water partition coefficient (Wildman–Crippen LogP) is 1.29. The summed E-state index contributed by atoms with van der Waals surface area (Å²) in [6, 6.07) is 7.32. The van der Waals surface area contributed by atoms with Gasteiger partial charge in [0.25, 0.3) is 5.91 Å². The van der Waals surface area contributed by atoms with E-state index in [1.807, 2.05) is 0 Å². The van der Waals surface area contributed by atoms with Gasteiger partial charge in [-0.25, -0.2) is 0 Å². The van der Waals surface area contributed by atoms with E-state index < -0.39 is 0 Å². The monoisotopic (exact) mass is 273 g/mol. The van der Waals surface area contributed by atoms with Crippen molar-refractivity contribution in [3.63, 3.8) is 0 Å². The molecule has 20 heavy (non-hydrogen) atoms. The lowest BCUT2D eigenvalue weighted by molar-refractivity contribution is -0.115. The minimum absolute atomic E-state index is 0.0687. The smallest absolute Gasteiger partial charge is 0.251 e. The molecule has 3 N–H and O–H groups in total. The van der Waals surface area contributed by atoms with E-state index in [4.69, 9.17) is 0 Å². The van der Waals surface area contributed by atoms with Crippen LogP contribution in [0.4, 0.5) is 5.69 Å². The molecule has 0 aliphatic heterocycles. The van der Waals surface area contributed by atoms with Crippen molar-refractivity contribution in [3.8, 4) is 0 Å². The number of carbonyl (C=O) groups excluding carboxylic acids is 2. The average molecular weight is 273 g/mol. The molecule has 0 unspecified atom stereocenters. The Hall–Kier alpha value is -2.14. The van der Waals surface area contributed by atoms with E-state index in [1.165, 1.54) is 0 Å². The SMILES string of the molecule is C=CCNC(=O)c1ccc(NC(=O)CNC2CC2)cc1. The highest BCUT2D eigenvalue weighted by Crippen LogP contribution is 2.18. The summed E-state index contributed by atoms with van der Waals surface area (Å²) in [7, 11) is 0. The molecule has 2 rings (SSSR count). The number of nitrogens with one attached hydrogen (secondary N) is 3. The van der Waals surface area contributed by atoms with Gasteiger partial charge in [0, 0.05) is 23.8 Å². The van der Waals surface area contributed by atoms with E-state index in [1.54, 1.807) is 30.3 Å². The second-order valence-corrected chi connectivity index (χ2v) is 4.78. The number of anilines is 1. The van der Waals surface area contributed by atoms with Crippen LogP contribution in [0.3, 0.4) is 0 Å². The molecule has 1 fully saturated rings. The Labute approximate surface area is 118 Å². The molecule has 1 saturated carbocycles. The third-order valence-corrected chi connectivity index (χ3v) is 2.97. The summed E-state index contributed by atoms with van der Waals surface area (Å²) in [4.78, 5) is 23.3. The van der Waals surface area contributed by atoms with Crippen molar-refractivity contribution < 1.29 is 9.59 Å². The van der Waals surface area contributed by atoms with Gasteiger partial charge in [0.05, 0.1) is 6.54 Å². The van der Waals surface area contributed by atoms with Crippen molar-refractivity contribution in [2.75, 3.05) is 18.4 Å². The lowest BCUT2D eigenvalue weighted by Gasteiger charge is -2.07. The van der Waals surface area contributed by atoms with E-state index in [-0.39, 0.29) is 11.8 Å². The van der Waals surface area contributed by atoms with Gasteiger partial charge in [-0.1, -0.05) is 6.08 Å². The van der Waals surface area contributed by atoms with Gasteiger partial charge in [-0.2, -0.15) is 0 Å². The third kappa shape index (κ3) is 4.51. The van der Waals surface area contributed by atoms with Crippen LogP contribution in [0, 0.1) is 0 Å². The Kier molecular flexibility index (Phi) is 4.90. The average Bonchev–Trinajstić information content (AvgIpc) is 3.27. The second-order valence-electron chi connectivity index (χ2n) is 4.78. The molecule has 0 radical (unpaired) electrons.